The second-order valence-corrected chi connectivity index (χ2v) is 10.5. The standard InChI is InChI=1S/C23H19F4N5O3S/c24-15-2-4-18(5-3-15)36(34,35)32-17-7-14(8-17)21(32)22(33)29-11-16-9-19(31-12-30-16)13-1-6-20(28-10-13)23(25,26)27/h1-6,9-10,12,14,17,21H,7-8,11H2,(H,29,33)/t14?,17?,21-/m0/s1. The molecule has 2 bridgehead atoms. The van der Waals surface area contributed by atoms with Gasteiger partial charge in [-0.2, -0.15) is 17.5 Å². The van der Waals surface area contributed by atoms with Gasteiger partial charge >= 0.3 is 6.18 Å². The second kappa shape index (κ2) is 8.89. The lowest BCUT2D eigenvalue weighted by Crippen LogP contribution is -2.46. The first-order valence-electron chi connectivity index (χ1n) is 11.0. The number of nitrogens with zero attached hydrogens (tertiary/aromatic N) is 4. The van der Waals surface area contributed by atoms with E-state index in [0.29, 0.717) is 29.8 Å². The van der Waals surface area contributed by atoms with Crippen LogP contribution < -0.4 is 5.32 Å². The van der Waals surface area contributed by atoms with Gasteiger partial charge in [0.05, 0.1) is 22.8 Å². The summed E-state index contributed by atoms with van der Waals surface area (Å²) in [5, 5.41) is 2.71. The van der Waals surface area contributed by atoms with E-state index >= 15 is 0 Å². The summed E-state index contributed by atoms with van der Waals surface area (Å²) < 4.78 is 79.1. The molecule has 13 heteroatoms. The minimum absolute atomic E-state index is 0.0409. The molecular weight excluding hydrogens is 502 g/mol. The average Bonchev–Trinajstić information content (AvgIpc) is 3.40. The Morgan fingerprint density at radius 3 is 2.42 bits per heavy atom. The highest BCUT2D eigenvalue weighted by molar-refractivity contribution is 7.89. The number of carbonyl (C=O) groups excluding carboxylic acids is 1. The second-order valence-electron chi connectivity index (χ2n) is 8.66. The summed E-state index contributed by atoms with van der Waals surface area (Å²) in [5.74, 6) is -1.17. The molecule has 3 aliphatic rings. The largest absolute Gasteiger partial charge is 0.433 e. The molecule has 6 rings (SSSR count). The number of pyridine rings is 1. The third kappa shape index (κ3) is 4.44. The van der Waals surface area contributed by atoms with E-state index < -0.39 is 39.7 Å². The summed E-state index contributed by atoms with van der Waals surface area (Å²) in [7, 11) is -4.00. The normalized spacial score (nSPS) is 21.7. The van der Waals surface area contributed by atoms with E-state index in [-0.39, 0.29) is 23.4 Å². The van der Waals surface area contributed by atoms with Gasteiger partial charge in [0, 0.05) is 17.8 Å². The predicted molar refractivity (Wildman–Crippen MR) is 118 cm³/mol. The number of halogens is 4. The Morgan fingerprint density at radius 1 is 1.06 bits per heavy atom. The molecule has 2 aliphatic heterocycles. The van der Waals surface area contributed by atoms with Crippen molar-refractivity contribution in [3.63, 3.8) is 0 Å². The Morgan fingerprint density at radius 2 is 1.78 bits per heavy atom. The molecule has 2 aromatic heterocycles. The lowest BCUT2D eigenvalue weighted by Gasteiger charge is -2.25. The van der Waals surface area contributed by atoms with Gasteiger partial charge in [-0.3, -0.25) is 9.78 Å². The van der Waals surface area contributed by atoms with Gasteiger partial charge in [-0.25, -0.2) is 22.8 Å². The number of sulfonamides is 1. The van der Waals surface area contributed by atoms with Gasteiger partial charge in [0.1, 0.15) is 23.9 Å². The van der Waals surface area contributed by atoms with Gasteiger partial charge < -0.3 is 5.32 Å². The molecule has 36 heavy (non-hydrogen) atoms. The van der Waals surface area contributed by atoms with E-state index in [0.717, 1.165) is 24.4 Å². The number of benzene rings is 1. The summed E-state index contributed by atoms with van der Waals surface area (Å²) in [5.41, 5.74) is 0.0136. The Bertz CT molecular complexity index is 1390. The van der Waals surface area contributed by atoms with Crippen LogP contribution in [0.4, 0.5) is 17.6 Å². The Kier molecular flexibility index (Phi) is 5.99. The lowest BCUT2D eigenvalue weighted by molar-refractivity contribution is -0.141. The quantitative estimate of drug-likeness (QED) is 0.500. The summed E-state index contributed by atoms with van der Waals surface area (Å²) >= 11 is 0. The lowest BCUT2D eigenvalue weighted by atomic mass is 9.83. The van der Waals surface area contributed by atoms with E-state index in [4.69, 9.17) is 0 Å². The zero-order valence-corrected chi connectivity index (χ0v) is 19.3. The van der Waals surface area contributed by atoms with Crippen molar-refractivity contribution < 1.29 is 30.8 Å². The zero-order valence-electron chi connectivity index (χ0n) is 18.5. The van der Waals surface area contributed by atoms with Crippen LogP contribution in [0.3, 0.4) is 0 Å². The van der Waals surface area contributed by atoms with Gasteiger partial charge in [0.15, 0.2) is 0 Å². The Hall–Kier alpha value is -3.45. The summed E-state index contributed by atoms with van der Waals surface area (Å²) in [6.45, 7) is -0.0409. The number of rotatable bonds is 6. The molecular formula is C23H19F4N5O3S. The van der Waals surface area contributed by atoms with E-state index in [9.17, 15) is 30.8 Å². The highest BCUT2D eigenvalue weighted by Crippen LogP contribution is 2.48. The molecule has 1 atom stereocenters. The molecule has 0 radical (unpaired) electrons. The van der Waals surface area contributed by atoms with Crippen molar-refractivity contribution in [1.29, 1.82) is 0 Å². The van der Waals surface area contributed by atoms with Crippen LogP contribution in [0, 0.1) is 11.7 Å². The summed E-state index contributed by atoms with van der Waals surface area (Å²) in [6, 6.07) is 6.87. The van der Waals surface area contributed by atoms with Crippen LogP contribution in [0.2, 0.25) is 0 Å². The number of amides is 1. The summed E-state index contributed by atoms with van der Waals surface area (Å²) in [6.07, 6.45) is -1.16. The minimum Gasteiger partial charge on any atom is -0.349 e. The fraction of sp³-hybridized carbons (Fsp3) is 0.304. The monoisotopic (exact) mass is 521 g/mol. The van der Waals surface area contributed by atoms with Gasteiger partial charge in [-0.15, -0.1) is 0 Å². The van der Waals surface area contributed by atoms with Crippen molar-refractivity contribution in [3.05, 3.63) is 72.2 Å². The molecule has 188 valence electrons. The Balaban J connectivity index is 1.29. The van der Waals surface area contributed by atoms with Crippen LogP contribution in [-0.2, 0) is 27.5 Å². The topological polar surface area (TPSA) is 105 Å². The van der Waals surface area contributed by atoms with Crippen molar-refractivity contribution in [1.82, 2.24) is 24.6 Å². The molecule has 2 saturated heterocycles. The molecule has 0 unspecified atom stereocenters. The highest BCUT2D eigenvalue weighted by Gasteiger charge is 2.58. The first-order chi connectivity index (χ1) is 17.0. The first-order valence-corrected chi connectivity index (χ1v) is 12.4. The van der Waals surface area contributed by atoms with Crippen LogP contribution in [0.5, 0.6) is 0 Å². The van der Waals surface area contributed by atoms with Crippen molar-refractivity contribution in [2.75, 3.05) is 0 Å². The number of nitrogens with one attached hydrogen (secondary N) is 1. The highest BCUT2D eigenvalue weighted by atomic mass is 32.2. The summed E-state index contributed by atoms with van der Waals surface area (Å²) in [4.78, 5) is 24.5. The number of hydrogen-bond donors (Lipinski definition) is 1. The number of hydrogen-bond acceptors (Lipinski definition) is 6. The number of carbonyl (C=O) groups is 1. The number of fused-ring (bicyclic) bond motifs is 1. The first kappa shape index (κ1) is 24.3. The third-order valence-electron chi connectivity index (χ3n) is 6.41. The van der Waals surface area contributed by atoms with Crippen LogP contribution in [0.1, 0.15) is 24.2 Å². The van der Waals surface area contributed by atoms with Gasteiger partial charge in [-0.05, 0) is 61.2 Å². The minimum atomic E-state index is -4.56. The molecule has 1 aromatic carbocycles. The zero-order chi connectivity index (χ0) is 25.7. The molecule has 1 amide bonds. The van der Waals surface area contributed by atoms with Crippen LogP contribution in [0.25, 0.3) is 11.3 Å². The fourth-order valence-corrected chi connectivity index (χ4v) is 6.44. The van der Waals surface area contributed by atoms with Crippen molar-refractivity contribution in [2.24, 2.45) is 5.92 Å². The molecule has 8 nitrogen and oxygen atoms in total. The fourth-order valence-electron chi connectivity index (χ4n) is 4.58. The molecule has 4 heterocycles. The maximum Gasteiger partial charge on any atom is 0.433 e. The SMILES string of the molecule is O=C(NCc1cc(-c2ccc(C(F)(F)F)nc2)ncn1)[C@@H]1C2CC(C2)N1S(=O)(=O)c1ccc(F)cc1. The molecule has 1 aliphatic carbocycles. The predicted octanol–water partition coefficient (Wildman–Crippen LogP) is 3.16. The average molecular weight is 521 g/mol. The molecule has 1 saturated carbocycles. The van der Waals surface area contributed by atoms with E-state index in [1.807, 2.05) is 0 Å². The van der Waals surface area contributed by atoms with Crippen LogP contribution >= 0.6 is 0 Å². The smallest absolute Gasteiger partial charge is 0.349 e. The molecule has 1 N–H and O–H groups in total. The van der Waals surface area contributed by atoms with Crippen LogP contribution in [0.15, 0.2) is 59.9 Å². The van der Waals surface area contributed by atoms with E-state index in [1.165, 1.54) is 34.9 Å². The van der Waals surface area contributed by atoms with Crippen molar-refractivity contribution in [3.8, 4) is 11.3 Å². The Labute approximate surface area is 203 Å². The molecule has 0 spiro atoms. The third-order valence-corrected chi connectivity index (χ3v) is 8.35. The molecule has 3 aromatic rings. The van der Waals surface area contributed by atoms with Gasteiger partial charge in [-0.1, -0.05) is 0 Å². The van der Waals surface area contributed by atoms with Gasteiger partial charge in [0.25, 0.3) is 0 Å². The van der Waals surface area contributed by atoms with Gasteiger partial charge in [0.2, 0.25) is 15.9 Å². The van der Waals surface area contributed by atoms with E-state index in [2.05, 4.69) is 20.3 Å². The van der Waals surface area contributed by atoms with Crippen molar-refractivity contribution >= 4 is 15.9 Å². The van der Waals surface area contributed by atoms with Crippen LogP contribution in [-0.4, -0.2) is 45.7 Å². The van der Waals surface area contributed by atoms with Crippen molar-refractivity contribution in [2.45, 2.75) is 42.5 Å². The number of alkyl halides is 3. The van der Waals surface area contributed by atoms with E-state index in [1.54, 1.807) is 0 Å². The maximum absolute atomic E-state index is 13.3. The maximum atomic E-state index is 13.3. The number of aromatic nitrogens is 3. The molecule has 3 fully saturated rings.